The number of esters is 1. The molecule has 3 aliphatic rings. The molecule has 0 unspecified atom stereocenters. The van der Waals surface area contributed by atoms with Gasteiger partial charge in [0.25, 0.3) is 0 Å². The number of carbonyl (C=O) groups is 1. The highest BCUT2D eigenvalue weighted by Gasteiger charge is 2.53. The number of hydrogen-bond donors (Lipinski definition) is 0. The molecule has 4 atom stereocenters. The first kappa shape index (κ1) is 17.3. The van der Waals surface area contributed by atoms with Gasteiger partial charge in [-0.3, -0.25) is 4.79 Å². The van der Waals surface area contributed by atoms with Gasteiger partial charge in [-0.05, 0) is 37.3 Å². The van der Waals surface area contributed by atoms with Gasteiger partial charge in [0.15, 0.2) is 0 Å². The monoisotopic (exact) mass is 332 g/mol. The Bertz CT molecular complexity index is 640. The molecule has 24 heavy (non-hydrogen) atoms. The van der Waals surface area contributed by atoms with Crippen LogP contribution < -0.4 is 0 Å². The first-order chi connectivity index (χ1) is 11.3. The number of allylic oxidation sites excluding steroid dienone is 2. The molecular formula is C20H28O4. The Morgan fingerprint density at radius 3 is 2.75 bits per heavy atom. The molecule has 0 aromatic heterocycles. The summed E-state index contributed by atoms with van der Waals surface area (Å²) in [6, 6.07) is 0. The van der Waals surface area contributed by atoms with E-state index >= 15 is 0 Å². The molecule has 3 rings (SSSR count). The highest BCUT2D eigenvalue weighted by Crippen LogP contribution is 2.55. The fourth-order valence-electron chi connectivity index (χ4n) is 4.05. The Labute approximate surface area is 144 Å². The smallest absolute Gasteiger partial charge is 0.309 e. The van der Waals surface area contributed by atoms with E-state index in [-0.39, 0.29) is 23.4 Å². The van der Waals surface area contributed by atoms with Gasteiger partial charge in [-0.2, -0.15) is 0 Å². The van der Waals surface area contributed by atoms with Crippen molar-refractivity contribution >= 4 is 5.97 Å². The van der Waals surface area contributed by atoms with Gasteiger partial charge >= 0.3 is 5.97 Å². The largest absolute Gasteiger partial charge is 0.461 e. The third-order valence-corrected chi connectivity index (χ3v) is 5.90. The summed E-state index contributed by atoms with van der Waals surface area (Å²) in [4.78, 5) is 12.4. The fraction of sp³-hybridized carbons (Fsp3) is 0.650. The van der Waals surface area contributed by atoms with Crippen molar-refractivity contribution in [2.75, 3.05) is 7.11 Å². The fourth-order valence-corrected chi connectivity index (χ4v) is 4.05. The highest BCUT2D eigenvalue weighted by molar-refractivity contribution is 5.73. The first-order valence-electron chi connectivity index (χ1n) is 8.84. The maximum Gasteiger partial charge on any atom is 0.309 e. The molecule has 0 fully saturated rings. The molecule has 132 valence electrons. The number of carbonyl (C=O) groups excluding carboxylic acids is 1. The van der Waals surface area contributed by atoms with E-state index in [1.807, 2.05) is 20.8 Å². The van der Waals surface area contributed by atoms with E-state index in [0.717, 1.165) is 29.7 Å². The van der Waals surface area contributed by atoms with E-state index < -0.39 is 6.29 Å². The number of rotatable bonds is 3. The van der Waals surface area contributed by atoms with Crippen molar-refractivity contribution < 1.29 is 19.0 Å². The van der Waals surface area contributed by atoms with Crippen molar-refractivity contribution in [3.05, 3.63) is 34.6 Å². The third-order valence-electron chi connectivity index (χ3n) is 5.90. The second-order valence-electron chi connectivity index (χ2n) is 7.68. The Hall–Kier alpha value is -1.55. The molecule has 0 saturated heterocycles. The van der Waals surface area contributed by atoms with Crippen molar-refractivity contribution in [1.82, 2.24) is 0 Å². The lowest BCUT2D eigenvalue weighted by molar-refractivity contribution is -0.157. The normalized spacial score (nSPS) is 35.0. The summed E-state index contributed by atoms with van der Waals surface area (Å²) in [5.41, 5.74) is 2.98. The van der Waals surface area contributed by atoms with Crippen LogP contribution in [0.15, 0.2) is 34.6 Å². The summed E-state index contributed by atoms with van der Waals surface area (Å²) in [5.74, 6) is 0.886. The molecule has 4 heteroatoms. The molecular weight excluding hydrogens is 304 g/mol. The summed E-state index contributed by atoms with van der Waals surface area (Å²) in [6.07, 6.45) is 5.80. The molecule has 0 N–H and O–H groups in total. The van der Waals surface area contributed by atoms with Crippen LogP contribution in [0, 0.1) is 17.3 Å². The molecule has 2 aliphatic carbocycles. The summed E-state index contributed by atoms with van der Waals surface area (Å²) < 4.78 is 17.5. The molecule has 1 aliphatic heterocycles. The lowest BCUT2D eigenvalue weighted by atomic mass is 9.59. The molecule has 0 saturated carbocycles. The summed E-state index contributed by atoms with van der Waals surface area (Å²) in [5, 5.41) is 0. The quantitative estimate of drug-likeness (QED) is 0.729. The summed E-state index contributed by atoms with van der Waals surface area (Å²) in [7, 11) is 1.64. The van der Waals surface area contributed by atoms with Crippen LogP contribution in [-0.2, 0) is 19.0 Å². The molecule has 0 spiro atoms. The number of fused-ring (bicyclic) bond motifs is 2. The van der Waals surface area contributed by atoms with E-state index in [0.29, 0.717) is 5.92 Å². The summed E-state index contributed by atoms with van der Waals surface area (Å²) in [6.45, 7) is 10.2. The van der Waals surface area contributed by atoms with Crippen molar-refractivity contribution in [2.45, 2.75) is 59.9 Å². The maximum absolute atomic E-state index is 12.4. The molecule has 4 nitrogen and oxygen atoms in total. The molecule has 0 amide bonds. The Balaban J connectivity index is 2.13. The van der Waals surface area contributed by atoms with Gasteiger partial charge in [0.1, 0.15) is 11.9 Å². The van der Waals surface area contributed by atoms with E-state index in [1.165, 1.54) is 5.57 Å². The maximum atomic E-state index is 12.4. The molecule has 0 bridgehead atoms. The average Bonchev–Trinajstić information content (AvgIpc) is 2.85. The second kappa shape index (κ2) is 6.07. The van der Waals surface area contributed by atoms with Gasteiger partial charge in [-0.1, -0.05) is 33.8 Å². The van der Waals surface area contributed by atoms with Crippen molar-refractivity contribution in [1.29, 1.82) is 0 Å². The van der Waals surface area contributed by atoms with Crippen LogP contribution in [0.2, 0.25) is 0 Å². The highest BCUT2D eigenvalue weighted by atomic mass is 16.7. The molecule has 0 aromatic rings. The van der Waals surface area contributed by atoms with E-state index in [2.05, 4.69) is 26.0 Å². The van der Waals surface area contributed by atoms with Gasteiger partial charge in [0, 0.05) is 23.7 Å². The topological polar surface area (TPSA) is 44.8 Å². The van der Waals surface area contributed by atoms with Crippen LogP contribution >= 0.6 is 0 Å². The zero-order valence-corrected chi connectivity index (χ0v) is 15.5. The minimum Gasteiger partial charge on any atom is -0.461 e. The van der Waals surface area contributed by atoms with Crippen molar-refractivity contribution in [3.8, 4) is 0 Å². The van der Waals surface area contributed by atoms with Gasteiger partial charge in [-0.25, -0.2) is 0 Å². The van der Waals surface area contributed by atoms with Crippen LogP contribution in [0.5, 0.6) is 0 Å². The average molecular weight is 332 g/mol. The standard InChI is InChI=1S/C20H28O4/c1-11(2)18(21)24-17-16-13(4)19(22-6)23-15(16)10-14-9-7-8-12(3)20(14,17)5/h9-12,17,19H,7-8H2,1-6H3/t12-,17+,19-,20+/m0/s1. The third kappa shape index (κ3) is 2.43. The molecule has 1 heterocycles. The lowest BCUT2D eigenvalue weighted by Gasteiger charge is -2.48. The Morgan fingerprint density at radius 2 is 2.12 bits per heavy atom. The van der Waals surface area contributed by atoms with Gasteiger partial charge in [0.2, 0.25) is 6.29 Å². The van der Waals surface area contributed by atoms with E-state index in [9.17, 15) is 4.79 Å². The number of ether oxygens (including phenoxy) is 3. The Kier molecular flexibility index (Phi) is 4.37. The predicted molar refractivity (Wildman–Crippen MR) is 92.0 cm³/mol. The second-order valence-corrected chi connectivity index (χ2v) is 7.68. The number of methoxy groups -OCH3 is 1. The first-order valence-corrected chi connectivity index (χ1v) is 8.84. The number of hydrogen-bond acceptors (Lipinski definition) is 4. The minimum absolute atomic E-state index is 0.157. The zero-order valence-electron chi connectivity index (χ0n) is 15.5. The van der Waals surface area contributed by atoms with Crippen LogP contribution in [0.4, 0.5) is 0 Å². The SMILES string of the molecule is CO[C@H]1OC2=CC3=CCC[C@H](C)[C@@]3(C)[C@H](OC(=O)C(C)C)C2=C1C. The lowest BCUT2D eigenvalue weighted by Crippen LogP contribution is -2.47. The van der Waals surface area contributed by atoms with Crippen LogP contribution in [0.3, 0.4) is 0 Å². The van der Waals surface area contributed by atoms with Crippen LogP contribution in [-0.4, -0.2) is 25.5 Å². The molecule has 0 aromatic carbocycles. The minimum atomic E-state index is -0.397. The van der Waals surface area contributed by atoms with Crippen molar-refractivity contribution in [2.24, 2.45) is 17.3 Å². The van der Waals surface area contributed by atoms with Gasteiger partial charge in [-0.15, -0.1) is 0 Å². The van der Waals surface area contributed by atoms with Crippen molar-refractivity contribution in [3.63, 3.8) is 0 Å². The Morgan fingerprint density at radius 1 is 1.42 bits per heavy atom. The van der Waals surface area contributed by atoms with E-state index in [4.69, 9.17) is 14.2 Å². The van der Waals surface area contributed by atoms with Gasteiger partial charge < -0.3 is 14.2 Å². The van der Waals surface area contributed by atoms with Crippen LogP contribution in [0.25, 0.3) is 0 Å². The summed E-state index contributed by atoms with van der Waals surface area (Å²) >= 11 is 0. The molecule has 0 radical (unpaired) electrons. The predicted octanol–water partition coefficient (Wildman–Crippen LogP) is 4.13. The van der Waals surface area contributed by atoms with Gasteiger partial charge in [0.05, 0.1) is 5.92 Å². The zero-order chi connectivity index (χ0) is 17.6. The van der Waals surface area contributed by atoms with E-state index in [1.54, 1.807) is 7.11 Å². The van der Waals surface area contributed by atoms with Crippen LogP contribution in [0.1, 0.15) is 47.5 Å².